The molecule has 1 amide bonds. The Labute approximate surface area is 161 Å². The topological polar surface area (TPSA) is 90.4 Å². The Bertz CT molecular complexity index is 1090. The number of nitrogens with zero attached hydrogens (tertiary/aromatic N) is 2. The van der Waals surface area contributed by atoms with Crippen molar-refractivity contribution in [3.8, 4) is 28.8 Å². The number of benzene rings is 2. The van der Waals surface area contributed by atoms with E-state index in [-0.39, 0.29) is 18.4 Å². The molecule has 0 bridgehead atoms. The average Bonchev–Trinajstić information content (AvgIpc) is 3.40. The first-order valence-corrected chi connectivity index (χ1v) is 8.66. The lowest BCUT2D eigenvalue weighted by Gasteiger charge is -2.11. The second-order valence-corrected chi connectivity index (χ2v) is 6.05. The number of amides is 1. The van der Waals surface area contributed by atoms with Gasteiger partial charge in [-0.25, -0.2) is 0 Å². The number of para-hydroxylation sites is 2. The zero-order chi connectivity index (χ0) is 19.3. The van der Waals surface area contributed by atoms with Crippen molar-refractivity contribution in [3.63, 3.8) is 0 Å². The van der Waals surface area contributed by atoms with Crippen molar-refractivity contribution in [1.29, 1.82) is 0 Å². The Morgan fingerprint density at radius 1 is 1.07 bits per heavy atom. The fourth-order valence-electron chi connectivity index (χ4n) is 2.65. The van der Waals surface area contributed by atoms with Gasteiger partial charge in [0.1, 0.15) is 5.75 Å². The molecule has 0 saturated carbocycles. The zero-order valence-electron chi connectivity index (χ0n) is 15.1. The van der Waals surface area contributed by atoms with Gasteiger partial charge in [-0.1, -0.05) is 35.5 Å². The Morgan fingerprint density at radius 2 is 1.89 bits per heavy atom. The van der Waals surface area contributed by atoms with Crippen LogP contribution in [0.1, 0.15) is 5.56 Å². The monoisotopic (exact) mass is 375 g/mol. The first-order valence-electron chi connectivity index (χ1n) is 8.66. The van der Waals surface area contributed by atoms with Crippen LogP contribution in [-0.4, -0.2) is 22.7 Å². The summed E-state index contributed by atoms with van der Waals surface area (Å²) in [6, 6.07) is 18.2. The molecule has 7 nitrogen and oxygen atoms in total. The van der Waals surface area contributed by atoms with E-state index >= 15 is 0 Å². The van der Waals surface area contributed by atoms with E-state index in [0.717, 1.165) is 11.3 Å². The maximum Gasteiger partial charge on any atom is 0.293 e. The Balaban J connectivity index is 1.48. The van der Waals surface area contributed by atoms with Gasteiger partial charge in [0.2, 0.25) is 5.82 Å². The average molecular weight is 375 g/mol. The largest absolute Gasteiger partial charge is 0.483 e. The molecule has 1 N–H and O–H groups in total. The van der Waals surface area contributed by atoms with Crippen molar-refractivity contribution >= 4 is 11.6 Å². The summed E-state index contributed by atoms with van der Waals surface area (Å²) in [7, 11) is 0. The van der Waals surface area contributed by atoms with Crippen LogP contribution in [0.4, 0.5) is 5.69 Å². The number of aromatic nitrogens is 2. The van der Waals surface area contributed by atoms with Gasteiger partial charge in [-0.05, 0) is 42.8 Å². The number of hydrogen-bond donors (Lipinski definition) is 1. The quantitative estimate of drug-likeness (QED) is 0.540. The van der Waals surface area contributed by atoms with Gasteiger partial charge >= 0.3 is 0 Å². The van der Waals surface area contributed by atoms with Gasteiger partial charge in [0.15, 0.2) is 12.4 Å². The molecule has 0 fully saturated rings. The van der Waals surface area contributed by atoms with Crippen molar-refractivity contribution in [2.24, 2.45) is 0 Å². The lowest BCUT2D eigenvalue weighted by molar-refractivity contribution is -0.118. The molecule has 4 rings (SSSR count). The summed E-state index contributed by atoms with van der Waals surface area (Å²) >= 11 is 0. The van der Waals surface area contributed by atoms with Gasteiger partial charge < -0.3 is 19.0 Å². The van der Waals surface area contributed by atoms with E-state index in [4.69, 9.17) is 13.7 Å². The maximum absolute atomic E-state index is 12.2. The predicted octanol–water partition coefficient (Wildman–Crippen LogP) is 4.32. The SMILES string of the molecule is Cc1ccccc1NC(=O)COc1ccccc1-c1noc(-c2ccco2)n1. The Hall–Kier alpha value is -3.87. The van der Waals surface area contributed by atoms with Crippen LogP contribution in [0.25, 0.3) is 23.0 Å². The number of hydrogen-bond acceptors (Lipinski definition) is 6. The molecule has 0 aliphatic heterocycles. The van der Waals surface area contributed by atoms with Gasteiger partial charge in [-0.2, -0.15) is 4.98 Å². The highest BCUT2D eigenvalue weighted by Gasteiger charge is 2.16. The summed E-state index contributed by atoms with van der Waals surface area (Å²) < 4.78 is 16.2. The number of carbonyl (C=O) groups excluding carboxylic acids is 1. The fourth-order valence-corrected chi connectivity index (χ4v) is 2.65. The van der Waals surface area contributed by atoms with Crippen LogP contribution in [0, 0.1) is 6.92 Å². The molecule has 0 spiro atoms. The third-order valence-corrected chi connectivity index (χ3v) is 4.06. The molecular weight excluding hydrogens is 358 g/mol. The molecule has 2 aromatic heterocycles. The Kier molecular flexibility index (Phi) is 4.88. The summed E-state index contributed by atoms with van der Waals surface area (Å²) in [4.78, 5) is 16.6. The summed E-state index contributed by atoms with van der Waals surface area (Å²) in [6.45, 7) is 1.78. The van der Waals surface area contributed by atoms with Crippen molar-refractivity contribution in [3.05, 3.63) is 72.5 Å². The van der Waals surface area contributed by atoms with E-state index in [1.807, 2.05) is 43.3 Å². The van der Waals surface area contributed by atoms with Gasteiger partial charge in [-0.15, -0.1) is 0 Å². The van der Waals surface area contributed by atoms with Crippen LogP contribution in [0.2, 0.25) is 0 Å². The highest BCUT2D eigenvalue weighted by molar-refractivity contribution is 5.92. The van der Waals surface area contributed by atoms with Gasteiger partial charge in [0.05, 0.1) is 11.8 Å². The number of rotatable bonds is 6. The highest BCUT2D eigenvalue weighted by atomic mass is 16.5. The highest BCUT2D eigenvalue weighted by Crippen LogP contribution is 2.29. The molecular formula is C21H17N3O4. The molecule has 0 unspecified atom stereocenters. The van der Waals surface area contributed by atoms with Crippen LogP contribution in [0.5, 0.6) is 5.75 Å². The molecule has 0 aliphatic carbocycles. The second kappa shape index (κ2) is 7.79. The number of carbonyl (C=O) groups is 1. The van der Waals surface area contributed by atoms with Crippen LogP contribution in [-0.2, 0) is 4.79 Å². The molecule has 0 saturated heterocycles. The van der Waals surface area contributed by atoms with Crippen LogP contribution in [0.3, 0.4) is 0 Å². The van der Waals surface area contributed by atoms with E-state index in [0.29, 0.717) is 22.9 Å². The minimum atomic E-state index is -0.256. The molecule has 4 aromatic rings. The molecule has 0 atom stereocenters. The number of anilines is 1. The minimum absolute atomic E-state index is 0.145. The van der Waals surface area contributed by atoms with Crippen molar-refractivity contribution in [2.75, 3.05) is 11.9 Å². The van der Waals surface area contributed by atoms with Crippen molar-refractivity contribution < 1.29 is 18.5 Å². The molecule has 0 aliphatic rings. The van der Waals surface area contributed by atoms with Gasteiger partial charge in [0.25, 0.3) is 11.8 Å². The molecule has 7 heteroatoms. The standard InChI is InChI=1S/C21H17N3O4/c1-14-7-2-4-9-16(14)22-19(25)13-27-17-10-5-3-8-15(17)20-23-21(28-24-20)18-11-6-12-26-18/h2-12H,13H2,1H3,(H,22,25). The summed E-state index contributed by atoms with van der Waals surface area (Å²) in [6.07, 6.45) is 1.53. The third-order valence-electron chi connectivity index (χ3n) is 4.06. The lowest BCUT2D eigenvalue weighted by atomic mass is 10.2. The maximum atomic E-state index is 12.2. The van der Waals surface area contributed by atoms with Crippen LogP contribution >= 0.6 is 0 Å². The first kappa shape index (κ1) is 17.5. The summed E-state index contributed by atoms with van der Waals surface area (Å²) in [5, 5.41) is 6.82. The second-order valence-electron chi connectivity index (χ2n) is 6.05. The summed E-state index contributed by atoms with van der Waals surface area (Å²) in [5.74, 6) is 1.32. The number of aryl methyl sites for hydroxylation is 1. The summed E-state index contributed by atoms with van der Waals surface area (Å²) in [5.41, 5.74) is 2.35. The molecule has 2 aromatic carbocycles. The van der Waals surface area contributed by atoms with E-state index in [9.17, 15) is 4.79 Å². The molecule has 140 valence electrons. The number of nitrogens with one attached hydrogen (secondary N) is 1. The van der Waals surface area contributed by atoms with Gasteiger partial charge in [-0.3, -0.25) is 4.79 Å². The number of ether oxygens (including phenoxy) is 1. The van der Waals surface area contributed by atoms with E-state index in [2.05, 4.69) is 15.5 Å². The minimum Gasteiger partial charge on any atom is -0.483 e. The smallest absolute Gasteiger partial charge is 0.293 e. The normalized spacial score (nSPS) is 10.6. The van der Waals surface area contributed by atoms with Crippen LogP contribution in [0.15, 0.2) is 75.9 Å². The predicted molar refractivity (Wildman–Crippen MR) is 103 cm³/mol. The number of furan rings is 1. The zero-order valence-corrected chi connectivity index (χ0v) is 15.1. The van der Waals surface area contributed by atoms with E-state index in [1.54, 1.807) is 24.3 Å². The lowest BCUT2D eigenvalue weighted by Crippen LogP contribution is -2.20. The van der Waals surface area contributed by atoms with Crippen LogP contribution < -0.4 is 10.1 Å². The molecule has 2 heterocycles. The molecule has 28 heavy (non-hydrogen) atoms. The Morgan fingerprint density at radius 3 is 2.71 bits per heavy atom. The van der Waals surface area contributed by atoms with Gasteiger partial charge in [0, 0.05) is 5.69 Å². The first-order chi connectivity index (χ1) is 13.7. The van der Waals surface area contributed by atoms with E-state index < -0.39 is 0 Å². The van der Waals surface area contributed by atoms with E-state index in [1.165, 1.54) is 6.26 Å². The molecule has 0 radical (unpaired) electrons. The van der Waals surface area contributed by atoms with Crippen molar-refractivity contribution in [2.45, 2.75) is 6.92 Å². The fraction of sp³-hybridized carbons (Fsp3) is 0.0952. The van der Waals surface area contributed by atoms with Crippen molar-refractivity contribution in [1.82, 2.24) is 10.1 Å². The third kappa shape index (κ3) is 3.78.